The molecule has 1 saturated heterocycles. The summed E-state index contributed by atoms with van der Waals surface area (Å²) in [6, 6.07) is 2.64. The molecule has 0 spiro atoms. The summed E-state index contributed by atoms with van der Waals surface area (Å²) < 4.78 is 18.1. The molecule has 3 N–H and O–H groups in total. The minimum absolute atomic E-state index is 0.113. The molecule has 0 aromatic heterocycles. The molecule has 1 aliphatic rings. The zero-order chi connectivity index (χ0) is 17.7. The number of carbonyl (C=O) groups is 2. The van der Waals surface area contributed by atoms with E-state index in [1.54, 1.807) is 0 Å². The molecule has 0 radical (unpaired) electrons. The highest BCUT2D eigenvalue weighted by molar-refractivity contribution is 5.94. The summed E-state index contributed by atoms with van der Waals surface area (Å²) in [6.45, 7) is 0.0755. The van der Waals surface area contributed by atoms with Crippen molar-refractivity contribution in [1.29, 1.82) is 0 Å². The van der Waals surface area contributed by atoms with Crippen LogP contribution in [-0.2, 0) is 4.74 Å². The lowest BCUT2D eigenvalue weighted by Crippen LogP contribution is -2.52. The third-order valence-corrected chi connectivity index (χ3v) is 4.22. The van der Waals surface area contributed by atoms with Gasteiger partial charge in [-0.05, 0) is 31.0 Å². The van der Waals surface area contributed by atoms with Crippen molar-refractivity contribution in [2.24, 2.45) is 5.92 Å². The first kappa shape index (κ1) is 18.2. The van der Waals surface area contributed by atoms with Gasteiger partial charge in [-0.15, -0.1) is 0 Å². The minimum Gasteiger partial charge on any atom is -0.465 e. The topological polar surface area (TPSA) is 99.1 Å². The average molecular weight is 340 g/mol. The van der Waals surface area contributed by atoms with Crippen LogP contribution in [0.4, 0.5) is 14.9 Å². The summed E-state index contributed by atoms with van der Waals surface area (Å²) in [5.74, 6) is -1.77. The molecule has 1 aromatic carbocycles. The Morgan fingerprint density at radius 1 is 1.38 bits per heavy atom. The third-order valence-electron chi connectivity index (χ3n) is 4.22. The van der Waals surface area contributed by atoms with E-state index in [4.69, 9.17) is 0 Å². The van der Waals surface area contributed by atoms with Crippen LogP contribution in [0.1, 0.15) is 23.2 Å². The lowest BCUT2D eigenvalue weighted by atomic mass is 9.90. The average Bonchev–Trinajstić information content (AvgIpc) is 2.61. The van der Waals surface area contributed by atoms with E-state index in [0.29, 0.717) is 13.0 Å². The van der Waals surface area contributed by atoms with Crippen molar-refractivity contribution in [3.8, 4) is 0 Å². The van der Waals surface area contributed by atoms with E-state index < -0.39 is 23.9 Å². The van der Waals surface area contributed by atoms with Gasteiger partial charge in [-0.3, -0.25) is 0 Å². The molecule has 0 aliphatic carbocycles. The fourth-order valence-electron chi connectivity index (χ4n) is 2.91. The molecular formula is C16H21FN2O5. The second-order valence-electron chi connectivity index (χ2n) is 5.64. The first-order valence-electron chi connectivity index (χ1n) is 7.69. The number of carbonyl (C=O) groups excluding carboxylic acids is 2. The molecule has 24 heavy (non-hydrogen) atoms. The van der Waals surface area contributed by atoms with Gasteiger partial charge < -0.3 is 25.2 Å². The van der Waals surface area contributed by atoms with E-state index in [1.165, 1.54) is 17.0 Å². The molecule has 8 heteroatoms. The largest absolute Gasteiger partial charge is 0.465 e. The number of amides is 2. The fourth-order valence-corrected chi connectivity index (χ4v) is 2.91. The van der Waals surface area contributed by atoms with Gasteiger partial charge in [-0.1, -0.05) is 0 Å². The zero-order valence-electron chi connectivity index (χ0n) is 13.4. The van der Waals surface area contributed by atoms with Crippen molar-refractivity contribution in [2.45, 2.75) is 18.9 Å². The standard InChI is InChI=1S/C16H21FN2O5/c1-24-15(22)12-7-11(4-5-13(12)17)18-16(23)19-6-2-3-10(8-20)14(19)9-21/h4-5,7,10,14,20-21H,2-3,6,8-9H2,1H3,(H,18,23)/t10-,14+/m0/s1. The first-order valence-corrected chi connectivity index (χ1v) is 7.69. The van der Waals surface area contributed by atoms with Gasteiger partial charge in [0.15, 0.2) is 0 Å². The van der Waals surface area contributed by atoms with E-state index in [-0.39, 0.29) is 30.4 Å². The van der Waals surface area contributed by atoms with Crippen LogP contribution in [0.2, 0.25) is 0 Å². The quantitative estimate of drug-likeness (QED) is 0.716. The number of ether oxygens (including phenoxy) is 1. The molecule has 0 unspecified atom stereocenters. The van der Waals surface area contributed by atoms with Gasteiger partial charge in [-0.2, -0.15) is 0 Å². The second kappa shape index (κ2) is 8.07. The summed E-state index contributed by atoms with van der Waals surface area (Å²) >= 11 is 0. The van der Waals surface area contributed by atoms with Crippen LogP contribution in [0.15, 0.2) is 18.2 Å². The van der Waals surface area contributed by atoms with Gasteiger partial charge >= 0.3 is 12.0 Å². The minimum atomic E-state index is -0.838. The summed E-state index contributed by atoms with van der Waals surface area (Å²) in [4.78, 5) is 25.4. The summed E-state index contributed by atoms with van der Waals surface area (Å²) in [5.41, 5.74) is -0.0366. The molecule has 2 amide bonds. The number of piperidine rings is 1. The van der Waals surface area contributed by atoms with Crippen molar-refractivity contribution >= 4 is 17.7 Å². The number of anilines is 1. The van der Waals surface area contributed by atoms with Crippen LogP contribution in [0.3, 0.4) is 0 Å². The summed E-state index contributed by atoms with van der Waals surface area (Å²) in [5, 5.41) is 21.5. The molecular weight excluding hydrogens is 319 g/mol. The number of halogens is 1. The first-order chi connectivity index (χ1) is 11.5. The Morgan fingerprint density at radius 2 is 2.12 bits per heavy atom. The van der Waals surface area contributed by atoms with Crippen LogP contribution < -0.4 is 5.32 Å². The molecule has 2 atom stereocenters. The Balaban J connectivity index is 2.15. The fraction of sp³-hybridized carbons (Fsp3) is 0.500. The predicted molar refractivity (Wildman–Crippen MR) is 84.1 cm³/mol. The Labute approximate surface area is 139 Å². The highest BCUT2D eigenvalue weighted by Gasteiger charge is 2.33. The maximum atomic E-state index is 13.6. The van der Waals surface area contributed by atoms with Crippen LogP contribution in [0.5, 0.6) is 0 Å². The van der Waals surface area contributed by atoms with Gasteiger partial charge in [0.1, 0.15) is 5.82 Å². The Morgan fingerprint density at radius 3 is 2.75 bits per heavy atom. The molecule has 1 aliphatic heterocycles. The predicted octanol–water partition coefficient (Wildman–Crippen LogP) is 1.21. The number of methoxy groups -OCH3 is 1. The SMILES string of the molecule is COC(=O)c1cc(NC(=O)N2CCC[C@@H](CO)[C@H]2CO)ccc1F. The van der Waals surface area contributed by atoms with E-state index in [2.05, 4.69) is 10.1 Å². The van der Waals surface area contributed by atoms with Crippen molar-refractivity contribution in [2.75, 3.05) is 32.2 Å². The normalized spacial score (nSPS) is 20.6. The van der Waals surface area contributed by atoms with E-state index in [0.717, 1.165) is 19.6 Å². The van der Waals surface area contributed by atoms with E-state index in [1.807, 2.05) is 0 Å². The molecule has 1 aromatic rings. The zero-order valence-corrected chi connectivity index (χ0v) is 13.4. The highest BCUT2D eigenvalue weighted by atomic mass is 19.1. The smallest absolute Gasteiger partial charge is 0.340 e. The van der Waals surface area contributed by atoms with Gasteiger partial charge in [0, 0.05) is 24.8 Å². The molecule has 0 bridgehead atoms. The van der Waals surface area contributed by atoms with Gasteiger partial charge in [0.2, 0.25) is 0 Å². The number of esters is 1. The van der Waals surface area contributed by atoms with Crippen LogP contribution in [0.25, 0.3) is 0 Å². The van der Waals surface area contributed by atoms with E-state index in [9.17, 15) is 24.2 Å². The van der Waals surface area contributed by atoms with Crippen molar-refractivity contribution in [3.63, 3.8) is 0 Å². The van der Waals surface area contributed by atoms with Crippen LogP contribution >= 0.6 is 0 Å². The lowest BCUT2D eigenvalue weighted by Gasteiger charge is -2.39. The van der Waals surface area contributed by atoms with Crippen molar-refractivity contribution < 1.29 is 28.9 Å². The Bertz CT molecular complexity index is 610. The maximum Gasteiger partial charge on any atom is 0.340 e. The maximum absolute atomic E-state index is 13.6. The molecule has 7 nitrogen and oxygen atoms in total. The van der Waals surface area contributed by atoms with E-state index >= 15 is 0 Å². The van der Waals surface area contributed by atoms with Crippen molar-refractivity contribution in [1.82, 2.24) is 4.90 Å². The van der Waals surface area contributed by atoms with Gasteiger partial charge in [0.25, 0.3) is 0 Å². The Kier molecular flexibility index (Phi) is 6.10. The number of rotatable bonds is 4. The number of hydrogen-bond acceptors (Lipinski definition) is 5. The summed E-state index contributed by atoms with van der Waals surface area (Å²) in [7, 11) is 1.14. The number of likely N-dealkylation sites (tertiary alicyclic amines) is 1. The lowest BCUT2D eigenvalue weighted by molar-refractivity contribution is 0.0460. The number of hydrogen-bond donors (Lipinski definition) is 3. The number of aliphatic hydroxyl groups is 2. The number of nitrogens with zero attached hydrogens (tertiary/aromatic N) is 1. The Hall–Kier alpha value is -2.19. The molecule has 132 valence electrons. The van der Waals surface area contributed by atoms with Crippen LogP contribution in [-0.4, -0.2) is 60.0 Å². The van der Waals surface area contributed by atoms with Gasteiger partial charge in [-0.25, -0.2) is 14.0 Å². The number of benzene rings is 1. The molecule has 2 rings (SSSR count). The number of nitrogens with one attached hydrogen (secondary N) is 1. The monoisotopic (exact) mass is 340 g/mol. The van der Waals surface area contributed by atoms with Gasteiger partial charge in [0.05, 0.1) is 25.3 Å². The second-order valence-corrected chi connectivity index (χ2v) is 5.64. The highest BCUT2D eigenvalue weighted by Crippen LogP contribution is 2.24. The van der Waals surface area contributed by atoms with Crippen LogP contribution in [0, 0.1) is 11.7 Å². The number of aliphatic hydroxyl groups excluding tert-OH is 2. The molecule has 1 fully saturated rings. The molecule has 0 saturated carbocycles. The van der Waals surface area contributed by atoms with Crippen molar-refractivity contribution in [3.05, 3.63) is 29.6 Å². The third kappa shape index (κ3) is 3.82. The number of urea groups is 1. The molecule has 1 heterocycles. The summed E-state index contributed by atoms with van der Waals surface area (Å²) in [6.07, 6.45) is 1.44.